The van der Waals surface area contributed by atoms with Gasteiger partial charge in [-0.2, -0.15) is 0 Å². The molecule has 0 spiro atoms. The summed E-state index contributed by atoms with van der Waals surface area (Å²) >= 11 is 2.60. The van der Waals surface area contributed by atoms with Crippen molar-refractivity contribution in [3.05, 3.63) is 40.0 Å². The molecule has 0 atom stereocenters. The lowest BCUT2D eigenvalue weighted by molar-refractivity contribution is -0.113. The van der Waals surface area contributed by atoms with E-state index < -0.39 is 0 Å². The number of thiophene rings is 1. The molecular formula is C18H17N5O4S2. The monoisotopic (exact) mass is 431 g/mol. The Morgan fingerprint density at radius 1 is 1.24 bits per heavy atom. The third-order valence-corrected chi connectivity index (χ3v) is 6.13. The first-order valence-electron chi connectivity index (χ1n) is 8.49. The molecule has 0 aliphatic rings. The number of benzene rings is 1. The molecule has 150 valence electrons. The number of amides is 1. The lowest BCUT2D eigenvalue weighted by atomic mass is 10.2. The van der Waals surface area contributed by atoms with Gasteiger partial charge >= 0.3 is 0 Å². The van der Waals surface area contributed by atoms with E-state index in [0.717, 1.165) is 5.52 Å². The van der Waals surface area contributed by atoms with Crippen LogP contribution in [0.25, 0.3) is 16.0 Å². The summed E-state index contributed by atoms with van der Waals surface area (Å²) < 4.78 is 14.3. The molecule has 9 nitrogen and oxygen atoms in total. The van der Waals surface area contributed by atoms with E-state index in [9.17, 15) is 9.59 Å². The van der Waals surface area contributed by atoms with Crippen molar-refractivity contribution in [3.8, 4) is 11.5 Å². The fraction of sp³-hybridized carbons (Fsp3) is 0.222. The second kappa shape index (κ2) is 7.76. The van der Waals surface area contributed by atoms with Crippen LogP contribution in [0.3, 0.4) is 0 Å². The summed E-state index contributed by atoms with van der Waals surface area (Å²) in [6.45, 7) is 0. The number of nitrogens with one attached hydrogen (secondary N) is 1. The molecule has 0 bridgehead atoms. The van der Waals surface area contributed by atoms with Gasteiger partial charge < -0.3 is 14.8 Å². The van der Waals surface area contributed by atoms with Gasteiger partial charge in [-0.25, -0.2) is 0 Å². The molecule has 1 aromatic carbocycles. The summed E-state index contributed by atoms with van der Waals surface area (Å²) in [5.74, 6) is 1.45. The maximum Gasteiger partial charge on any atom is 0.272 e. The van der Waals surface area contributed by atoms with Crippen LogP contribution in [-0.4, -0.2) is 45.0 Å². The number of fused-ring (bicyclic) bond motifs is 3. The van der Waals surface area contributed by atoms with Crippen LogP contribution in [0.15, 0.2) is 39.6 Å². The van der Waals surface area contributed by atoms with Crippen LogP contribution in [0, 0.1) is 0 Å². The van der Waals surface area contributed by atoms with Gasteiger partial charge in [0.1, 0.15) is 16.2 Å². The van der Waals surface area contributed by atoms with Gasteiger partial charge in [0, 0.05) is 13.1 Å². The highest BCUT2D eigenvalue weighted by Crippen LogP contribution is 2.29. The van der Waals surface area contributed by atoms with Crippen LogP contribution in [-0.2, 0) is 11.8 Å². The van der Waals surface area contributed by atoms with Crippen molar-refractivity contribution in [1.82, 2.24) is 19.2 Å². The number of thioether (sulfide) groups is 1. The second-order valence-electron chi connectivity index (χ2n) is 6.02. The maximum absolute atomic E-state index is 12.5. The average molecular weight is 431 g/mol. The van der Waals surface area contributed by atoms with Crippen molar-refractivity contribution < 1.29 is 14.3 Å². The Labute approximate surface area is 173 Å². The third kappa shape index (κ3) is 3.42. The Hall–Kier alpha value is -3.05. The Bertz CT molecular complexity index is 1280. The Morgan fingerprint density at radius 3 is 2.83 bits per heavy atom. The fourth-order valence-electron chi connectivity index (χ4n) is 2.89. The van der Waals surface area contributed by atoms with E-state index in [4.69, 9.17) is 9.47 Å². The number of anilines is 1. The first-order chi connectivity index (χ1) is 14.0. The molecule has 11 heteroatoms. The van der Waals surface area contributed by atoms with Gasteiger partial charge in [-0.1, -0.05) is 11.8 Å². The van der Waals surface area contributed by atoms with Crippen LogP contribution in [0.1, 0.15) is 0 Å². The molecular weight excluding hydrogens is 414 g/mol. The minimum atomic E-state index is -0.232. The van der Waals surface area contributed by atoms with Crippen molar-refractivity contribution in [2.24, 2.45) is 7.05 Å². The van der Waals surface area contributed by atoms with Gasteiger partial charge in [-0.3, -0.25) is 18.6 Å². The number of aromatic nitrogens is 4. The molecule has 0 radical (unpaired) electrons. The molecule has 3 heterocycles. The van der Waals surface area contributed by atoms with Crippen LogP contribution in [0.4, 0.5) is 5.69 Å². The zero-order chi connectivity index (χ0) is 20.5. The van der Waals surface area contributed by atoms with E-state index in [0.29, 0.717) is 32.8 Å². The van der Waals surface area contributed by atoms with E-state index >= 15 is 0 Å². The quantitative estimate of drug-likeness (QED) is 0.468. The van der Waals surface area contributed by atoms with Crippen LogP contribution < -0.4 is 20.3 Å². The highest BCUT2D eigenvalue weighted by molar-refractivity contribution is 7.99. The van der Waals surface area contributed by atoms with Gasteiger partial charge in [0.15, 0.2) is 5.16 Å². The molecule has 1 amide bonds. The zero-order valence-corrected chi connectivity index (χ0v) is 17.5. The SMILES string of the molecule is COc1ccc(OC)c(NC(=O)CSc2nnc3n(C)c(=O)c4sccc4n23)c1. The van der Waals surface area contributed by atoms with E-state index in [2.05, 4.69) is 15.5 Å². The number of ether oxygens (including phenoxy) is 2. The molecule has 0 aliphatic carbocycles. The summed E-state index contributed by atoms with van der Waals surface area (Å²) in [5, 5.41) is 13.5. The molecule has 29 heavy (non-hydrogen) atoms. The minimum Gasteiger partial charge on any atom is -0.497 e. The number of carbonyl (C=O) groups excluding carboxylic acids is 1. The largest absolute Gasteiger partial charge is 0.497 e. The van der Waals surface area contributed by atoms with Crippen molar-refractivity contribution in [2.75, 3.05) is 25.3 Å². The van der Waals surface area contributed by atoms with Gasteiger partial charge in [0.25, 0.3) is 5.56 Å². The number of methoxy groups -OCH3 is 2. The minimum absolute atomic E-state index is 0.107. The van der Waals surface area contributed by atoms with E-state index in [1.54, 1.807) is 36.8 Å². The summed E-state index contributed by atoms with van der Waals surface area (Å²) in [6, 6.07) is 7.02. The molecule has 4 rings (SSSR count). The van der Waals surface area contributed by atoms with Crippen LogP contribution in [0.5, 0.6) is 11.5 Å². The average Bonchev–Trinajstić information content (AvgIpc) is 3.37. The number of carbonyl (C=O) groups is 1. The summed E-state index contributed by atoms with van der Waals surface area (Å²) in [6.07, 6.45) is 0. The topological polar surface area (TPSA) is 99.8 Å². The molecule has 0 saturated heterocycles. The Kier molecular flexibility index (Phi) is 5.16. The Balaban J connectivity index is 1.58. The smallest absolute Gasteiger partial charge is 0.272 e. The molecule has 3 aromatic heterocycles. The number of rotatable bonds is 6. The highest BCUT2D eigenvalue weighted by Gasteiger charge is 2.17. The predicted octanol–water partition coefficient (Wildman–Crippen LogP) is 2.39. The van der Waals surface area contributed by atoms with Gasteiger partial charge in [0.05, 0.1) is 31.2 Å². The molecule has 0 fully saturated rings. The van der Waals surface area contributed by atoms with Crippen LogP contribution >= 0.6 is 23.1 Å². The summed E-state index contributed by atoms with van der Waals surface area (Å²) in [4.78, 5) is 24.9. The number of hydrogen-bond acceptors (Lipinski definition) is 8. The molecule has 0 aliphatic heterocycles. The first-order valence-corrected chi connectivity index (χ1v) is 10.4. The summed E-state index contributed by atoms with van der Waals surface area (Å²) in [5.41, 5.74) is 1.14. The maximum atomic E-state index is 12.5. The highest BCUT2D eigenvalue weighted by atomic mass is 32.2. The normalized spacial score (nSPS) is 11.1. The second-order valence-corrected chi connectivity index (χ2v) is 7.88. The molecule has 0 saturated carbocycles. The zero-order valence-electron chi connectivity index (χ0n) is 15.8. The van der Waals surface area contributed by atoms with Crippen molar-refractivity contribution in [1.29, 1.82) is 0 Å². The fourth-order valence-corrected chi connectivity index (χ4v) is 4.48. The predicted molar refractivity (Wildman–Crippen MR) is 113 cm³/mol. The van der Waals surface area contributed by atoms with Crippen molar-refractivity contribution >= 4 is 50.7 Å². The van der Waals surface area contributed by atoms with Gasteiger partial charge in [-0.05, 0) is 23.6 Å². The number of hydrogen-bond donors (Lipinski definition) is 1. The molecule has 1 N–H and O–H groups in total. The lowest BCUT2D eigenvalue weighted by Gasteiger charge is -2.11. The molecule has 4 aromatic rings. The number of nitrogens with zero attached hydrogens (tertiary/aromatic N) is 4. The van der Waals surface area contributed by atoms with Crippen LogP contribution in [0.2, 0.25) is 0 Å². The van der Waals surface area contributed by atoms with Crippen molar-refractivity contribution in [2.45, 2.75) is 5.16 Å². The van der Waals surface area contributed by atoms with E-state index in [1.165, 1.54) is 34.8 Å². The van der Waals surface area contributed by atoms with E-state index in [1.807, 2.05) is 11.4 Å². The Morgan fingerprint density at radius 2 is 2.07 bits per heavy atom. The third-order valence-electron chi connectivity index (χ3n) is 4.31. The first kappa shape index (κ1) is 19.3. The standard InChI is InChI=1S/C18H17N5O4S2/c1-22-16(25)15-12(6-7-28-15)23-17(22)20-21-18(23)29-9-14(24)19-11-8-10(26-2)4-5-13(11)27-3/h4-8H,9H2,1-3H3,(H,19,24). The van der Waals surface area contributed by atoms with Gasteiger partial charge in [-0.15, -0.1) is 21.5 Å². The summed E-state index contributed by atoms with van der Waals surface area (Å²) in [7, 11) is 4.74. The van der Waals surface area contributed by atoms with E-state index in [-0.39, 0.29) is 17.2 Å². The van der Waals surface area contributed by atoms with Gasteiger partial charge in [0.2, 0.25) is 11.7 Å². The lowest BCUT2D eigenvalue weighted by Crippen LogP contribution is -2.19. The molecule has 0 unspecified atom stereocenters. The number of aryl methyl sites for hydroxylation is 1. The van der Waals surface area contributed by atoms with Crippen molar-refractivity contribution in [3.63, 3.8) is 0 Å².